The molecular weight excluding hydrogens is 438 g/mol. The Morgan fingerprint density at radius 1 is 1.11 bits per heavy atom. The van der Waals surface area contributed by atoms with Crippen LogP contribution in [-0.2, 0) is 6.42 Å². The van der Waals surface area contributed by atoms with E-state index in [0.717, 1.165) is 45.8 Å². The number of rotatable bonds is 5. The van der Waals surface area contributed by atoms with Gasteiger partial charge in [0.25, 0.3) is 0 Å². The Kier molecular flexibility index (Phi) is 5.84. The van der Waals surface area contributed by atoms with Gasteiger partial charge in [-0.2, -0.15) is 0 Å². The van der Waals surface area contributed by atoms with E-state index in [1.54, 1.807) is 5.01 Å². The Morgan fingerprint density at radius 2 is 1.89 bits per heavy atom. The van der Waals surface area contributed by atoms with Crippen molar-refractivity contribution in [1.29, 1.82) is 0 Å². The Bertz CT molecular complexity index is 1320. The predicted octanol–water partition coefficient (Wildman–Crippen LogP) is 5.33. The van der Waals surface area contributed by atoms with Crippen LogP contribution in [0.2, 0.25) is 0 Å². The maximum absolute atomic E-state index is 13.2. The SMILES string of the molecule is C#CCOc1ccc(C2=C(c3ccccc3)CN(C(=O)Nc3ccc4c(c3)CC(C)(C)O4)N2)cc1. The maximum atomic E-state index is 13.2. The average molecular weight is 466 g/mol. The molecule has 6 nitrogen and oxygen atoms in total. The van der Waals surface area contributed by atoms with E-state index in [4.69, 9.17) is 15.9 Å². The number of hydrogen-bond acceptors (Lipinski definition) is 4. The summed E-state index contributed by atoms with van der Waals surface area (Å²) in [7, 11) is 0. The predicted molar refractivity (Wildman–Crippen MR) is 138 cm³/mol. The van der Waals surface area contributed by atoms with Crippen molar-refractivity contribution in [3.63, 3.8) is 0 Å². The van der Waals surface area contributed by atoms with Crippen molar-refractivity contribution < 1.29 is 14.3 Å². The van der Waals surface area contributed by atoms with Gasteiger partial charge in [0.2, 0.25) is 0 Å². The summed E-state index contributed by atoms with van der Waals surface area (Å²) in [5.41, 5.74) is 8.81. The lowest BCUT2D eigenvalue weighted by atomic mass is 10.0. The van der Waals surface area contributed by atoms with Crippen LogP contribution >= 0.6 is 0 Å². The normalized spacial score (nSPS) is 15.6. The number of anilines is 1. The second-order valence-electron chi connectivity index (χ2n) is 9.23. The van der Waals surface area contributed by atoms with Gasteiger partial charge in [-0.25, -0.2) is 9.80 Å². The zero-order valence-electron chi connectivity index (χ0n) is 19.8. The summed E-state index contributed by atoms with van der Waals surface area (Å²) in [6.07, 6.45) is 6.09. The van der Waals surface area contributed by atoms with E-state index < -0.39 is 0 Å². The molecule has 0 aliphatic carbocycles. The number of hydrogen-bond donors (Lipinski definition) is 2. The van der Waals surface area contributed by atoms with Gasteiger partial charge in [-0.15, -0.1) is 6.42 Å². The van der Waals surface area contributed by atoms with Crippen molar-refractivity contribution in [3.8, 4) is 23.8 Å². The first-order chi connectivity index (χ1) is 16.9. The van der Waals surface area contributed by atoms with Crippen molar-refractivity contribution in [2.75, 3.05) is 18.5 Å². The molecule has 0 spiro atoms. The van der Waals surface area contributed by atoms with E-state index in [2.05, 4.69) is 30.5 Å². The summed E-state index contributed by atoms with van der Waals surface area (Å²) in [4.78, 5) is 13.2. The number of hydrazine groups is 1. The van der Waals surface area contributed by atoms with Gasteiger partial charge in [0, 0.05) is 28.8 Å². The summed E-state index contributed by atoms with van der Waals surface area (Å²) >= 11 is 0. The molecule has 0 fully saturated rings. The lowest BCUT2D eigenvalue weighted by Crippen LogP contribution is -2.40. The largest absolute Gasteiger partial charge is 0.487 e. The first-order valence-corrected chi connectivity index (χ1v) is 11.5. The molecule has 0 radical (unpaired) electrons. The van der Waals surface area contributed by atoms with Crippen LogP contribution in [0.3, 0.4) is 0 Å². The number of terminal acetylenes is 1. The van der Waals surface area contributed by atoms with Gasteiger partial charge in [-0.3, -0.25) is 5.43 Å². The van der Waals surface area contributed by atoms with Crippen molar-refractivity contribution in [2.45, 2.75) is 25.9 Å². The van der Waals surface area contributed by atoms with Gasteiger partial charge in [-0.1, -0.05) is 36.3 Å². The fourth-order valence-electron chi connectivity index (χ4n) is 4.44. The van der Waals surface area contributed by atoms with Crippen LogP contribution in [0.5, 0.6) is 11.5 Å². The highest BCUT2D eigenvalue weighted by Crippen LogP contribution is 2.36. The van der Waals surface area contributed by atoms with Crippen LogP contribution in [-0.4, -0.2) is 29.8 Å². The second-order valence-corrected chi connectivity index (χ2v) is 9.23. The summed E-state index contributed by atoms with van der Waals surface area (Å²) in [6, 6.07) is 23.3. The Hall–Kier alpha value is -4.37. The quantitative estimate of drug-likeness (QED) is 0.500. The van der Waals surface area contributed by atoms with Gasteiger partial charge < -0.3 is 14.8 Å². The average Bonchev–Trinajstić information content (AvgIpc) is 3.43. The fourth-order valence-corrected chi connectivity index (χ4v) is 4.44. The molecular formula is C29H27N3O3. The molecule has 2 N–H and O–H groups in total. The lowest BCUT2D eigenvalue weighted by molar-refractivity contribution is 0.138. The smallest absolute Gasteiger partial charge is 0.340 e. The molecule has 3 aromatic rings. The molecule has 35 heavy (non-hydrogen) atoms. The topological polar surface area (TPSA) is 62.8 Å². The molecule has 2 amide bonds. The minimum atomic E-state index is -0.236. The minimum Gasteiger partial charge on any atom is -0.487 e. The van der Waals surface area contributed by atoms with E-state index in [9.17, 15) is 4.79 Å². The third-order valence-electron chi connectivity index (χ3n) is 6.01. The highest BCUT2D eigenvalue weighted by molar-refractivity contribution is 5.98. The molecule has 0 bridgehead atoms. The van der Waals surface area contributed by atoms with Crippen LogP contribution in [0.4, 0.5) is 10.5 Å². The monoisotopic (exact) mass is 465 g/mol. The Labute approximate surface area is 205 Å². The van der Waals surface area contributed by atoms with Gasteiger partial charge in [0.05, 0.1) is 12.2 Å². The Balaban J connectivity index is 1.36. The van der Waals surface area contributed by atoms with E-state index in [0.29, 0.717) is 12.3 Å². The van der Waals surface area contributed by atoms with Crippen LogP contribution in [0.25, 0.3) is 11.3 Å². The molecule has 3 aromatic carbocycles. The van der Waals surface area contributed by atoms with Crippen molar-refractivity contribution >= 4 is 23.0 Å². The maximum Gasteiger partial charge on any atom is 0.340 e. The van der Waals surface area contributed by atoms with Crippen molar-refractivity contribution in [1.82, 2.24) is 10.4 Å². The van der Waals surface area contributed by atoms with Crippen LogP contribution in [0, 0.1) is 12.3 Å². The molecule has 0 unspecified atom stereocenters. The zero-order chi connectivity index (χ0) is 24.4. The number of urea groups is 1. The number of nitrogens with one attached hydrogen (secondary N) is 2. The number of benzene rings is 3. The number of fused-ring (bicyclic) bond motifs is 1. The molecule has 6 heteroatoms. The number of carbonyl (C=O) groups is 1. The lowest BCUT2D eigenvalue weighted by Gasteiger charge is -2.19. The molecule has 2 aliphatic heterocycles. The summed E-state index contributed by atoms with van der Waals surface area (Å²) < 4.78 is 11.4. The van der Waals surface area contributed by atoms with Crippen LogP contribution in [0.1, 0.15) is 30.5 Å². The van der Waals surface area contributed by atoms with Gasteiger partial charge in [-0.05, 0) is 61.9 Å². The van der Waals surface area contributed by atoms with Crippen molar-refractivity contribution in [2.24, 2.45) is 0 Å². The van der Waals surface area contributed by atoms with E-state index in [1.165, 1.54) is 0 Å². The molecule has 2 aliphatic rings. The standard InChI is InChI=1S/C29H27N3O3/c1-4-16-34-24-13-10-21(11-14-24)27-25(20-8-6-5-7-9-20)19-32(31-27)28(33)30-23-12-15-26-22(17-23)18-29(2,3)35-26/h1,5-15,17,31H,16,18-19H2,2-3H3,(H,30,33). The molecule has 176 valence electrons. The third kappa shape index (κ3) is 4.80. The second kappa shape index (κ2) is 9.11. The molecule has 5 rings (SSSR count). The first kappa shape index (κ1) is 22.4. The zero-order valence-corrected chi connectivity index (χ0v) is 19.8. The van der Waals surface area contributed by atoms with E-state index in [-0.39, 0.29) is 18.2 Å². The molecule has 0 saturated carbocycles. The summed E-state index contributed by atoms with van der Waals surface area (Å²) in [5, 5.41) is 4.61. The van der Waals surface area contributed by atoms with Gasteiger partial charge >= 0.3 is 6.03 Å². The van der Waals surface area contributed by atoms with E-state index in [1.807, 2.05) is 72.8 Å². The minimum absolute atomic E-state index is 0.218. The first-order valence-electron chi connectivity index (χ1n) is 11.5. The summed E-state index contributed by atoms with van der Waals surface area (Å²) in [6.45, 7) is 4.76. The molecule has 0 saturated heterocycles. The molecule has 0 aromatic heterocycles. The third-order valence-corrected chi connectivity index (χ3v) is 6.01. The van der Waals surface area contributed by atoms with Gasteiger partial charge in [0.1, 0.15) is 23.7 Å². The number of carbonyl (C=O) groups excluding carboxylic acids is 1. The fraction of sp³-hybridized carbons (Fsp3) is 0.207. The Morgan fingerprint density at radius 3 is 2.63 bits per heavy atom. The number of amides is 2. The van der Waals surface area contributed by atoms with Gasteiger partial charge in [0.15, 0.2) is 0 Å². The van der Waals surface area contributed by atoms with Crippen molar-refractivity contribution in [3.05, 3.63) is 89.5 Å². The number of nitrogens with zero attached hydrogens (tertiary/aromatic N) is 1. The highest BCUT2D eigenvalue weighted by Gasteiger charge is 2.31. The number of ether oxygens (including phenoxy) is 2. The molecule has 0 atom stereocenters. The summed E-state index contributed by atoms with van der Waals surface area (Å²) in [5.74, 6) is 4.04. The molecule has 2 heterocycles. The van der Waals surface area contributed by atoms with E-state index >= 15 is 0 Å². The highest BCUT2D eigenvalue weighted by atomic mass is 16.5. The van der Waals surface area contributed by atoms with Crippen LogP contribution in [0.15, 0.2) is 72.8 Å². The van der Waals surface area contributed by atoms with Crippen LogP contribution < -0.4 is 20.2 Å².